The molecule has 1 aliphatic rings. The molecule has 1 aromatic heterocycles. The molecule has 1 unspecified atom stereocenters. The summed E-state index contributed by atoms with van der Waals surface area (Å²) in [6.45, 7) is 2.80. The predicted octanol–water partition coefficient (Wildman–Crippen LogP) is 3.36. The zero-order valence-corrected chi connectivity index (χ0v) is 14.7. The van der Waals surface area contributed by atoms with Crippen LogP contribution < -0.4 is 4.90 Å². The Morgan fingerprint density at radius 3 is 2.83 bits per heavy atom. The molecule has 1 aliphatic heterocycles. The SMILES string of the molecule is Cc1ccc(CC(=O)N2CCCC2c2cccc(N(C)C)c2)cn1. The molecule has 1 aromatic carbocycles. The van der Waals surface area contributed by atoms with Crippen LogP contribution in [0, 0.1) is 6.92 Å². The number of amides is 1. The molecule has 2 aromatic rings. The fourth-order valence-corrected chi connectivity index (χ4v) is 3.30. The van der Waals surface area contributed by atoms with E-state index >= 15 is 0 Å². The molecule has 1 saturated heterocycles. The van der Waals surface area contributed by atoms with Crippen LogP contribution in [0.1, 0.15) is 35.7 Å². The fourth-order valence-electron chi connectivity index (χ4n) is 3.30. The van der Waals surface area contributed by atoms with Gasteiger partial charge in [-0.15, -0.1) is 0 Å². The Morgan fingerprint density at radius 1 is 1.29 bits per heavy atom. The molecule has 3 rings (SSSR count). The van der Waals surface area contributed by atoms with Crippen LogP contribution >= 0.6 is 0 Å². The number of rotatable bonds is 4. The minimum Gasteiger partial charge on any atom is -0.378 e. The van der Waals surface area contributed by atoms with E-state index in [0.29, 0.717) is 6.42 Å². The second kappa shape index (κ2) is 7.04. The molecule has 4 heteroatoms. The first-order valence-electron chi connectivity index (χ1n) is 8.53. The lowest BCUT2D eigenvalue weighted by Gasteiger charge is -2.26. The summed E-state index contributed by atoms with van der Waals surface area (Å²) >= 11 is 0. The van der Waals surface area contributed by atoms with Crippen molar-refractivity contribution in [3.8, 4) is 0 Å². The maximum Gasteiger partial charge on any atom is 0.227 e. The Morgan fingerprint density at radius 2 is 2.12 bits per heavy atom. The predicted molar refractivity (Wildman–Crippen MR) is 97.1 cm³/mol. The van der Waals surface area contributed by atoms with Crippen LogP contribution in [0.25, 0.3) is 0 Å². The van der Waals surface area contributed by atoms with Crippen molar-refractivity contribution in [2.75, 3.05) is 25.5 Å². The van der Waals surface area contributed by atoms with E-state index in [4.69, 9.17) is 0 Å². The van der Waals surface area contributed by atoms with Gasteiger partial charge < -0.3 is 9.80 Å². The van der Waals surface area contributed by atoms with E-state index < -0.39 is 0 Å². The number of aromatic nitrogens is 1. The first-order valence-corrected chi connectivity index (χ1v) is 8.53. The second-order valence-electron chi connectivity index (χ2n) is 6.72. The largest absolute Gasteiger partial charge is 0.378 e. The van der Waals surface area contributed by atoms with Gasteiger partial charge in [0.1, 0.15) is 0 Å². The number of carbonyl (C=O) groups excluding carboxylic acids is 1. The second-order valence-corrected chi connectivity index (χ2v) is 6.72. The van der Waals surface area contributed by atoms with Crippen molar-refractivity contribution in [1.82, 2.24) is 9.88 Å². The van der Waals surface area contributed by atoms with Crippen LogP contribution in [-0.4, -0.2) is 36.4 Å². The van der Waals surface area contributed by atoms with Gasteiger partial charge in [0.15, 0.2) is 0 Å². The van der Waals surface area contributed by atoms with Gasteiger partial charge in [0, 0.05) is 38.2 Å². The Hall–Kier alpha value is -2.36. The lowest BCUT2D eigenvalue weighted by molar-refractivity contribution is -0.131. The maximum absolute atomic E-state index is 12.8. The first-order chi connectivity index (χ1) is 11.5. The highest BCUT2D eigenvalue weighted by Crippen LogP contribution is 2.33. The summed E-state index contributed by atoms with van der Waals surface area (Å²) < 4.78 is 0. The van der Waals surface area contributed by atoms with Gasteiger partial charge in [0.05, 0.1) is 12.5 Å². The third kappa shape index (κ3) is 3.58. The number of anilines is 1. The van der Waals surface area contributed by atoms with E-state index in [-0.39, 0.29) is 11.9 Å². The van der Waals surface area contributed by atoms with Gasteiger partial charge in [0.2, 0.25) is 5.91 Å². The summed E-state index contributed by atoms with van der Waals surface area (Å²) in [5.74, 6) is 0.193. The van der Waals surface area contributed by atoms with E-state index in [9.17, 15) is 4.79 Å². The van der Waals surface area contributed by atoms with Gasteiger partial charge in [0.25, 0.3) is 0 Å². The summed E-state index contributed by atoms with van der Waals surface area (Å²) in [4.78, 5) is 21.2. The van der Waals surface area contributed by atoms with E-state index in [1.165, 1.54) is 11.3 Å². The lowest BCUT2D eigenvalue weighted by Crippen LogP contribution is -2.32. The molecule has 1 fully saturated rings. The van der Waals surface area contributed by atoms with Crippen molar-refractivity contribution in [2.24, 2.45) is 0 Å². The highest BCUT2D eigenvalue weighted by Gasteiger charge is 2.30. The number of likely N-dealkylation sites (tertiary alicyclic amines) is 1. The van der Waals surface area contributed by atoms with Crippen LogP contribution in [0.5, 0.6) is 0 Å². The van der Waals surface area contributed by atoms with Gasteiger partial charge in [-0.1, -0.05) is 18.2 Å². The van der Waals surface area contributed by atoms with E-state index in [2.05, 4.69) is 34.1 Å². The van der Waals surface area contributed by atoms with Crippen molar-refractivity contribution < 1.29 is 4.79 Å². The standard InChI is InChI=1S/C20H25N3O/c1-15-9-10-16(14-21-15)12-20(24)23-11-5-8-19(23)17-6-4-7-18(13-17)22(2)3/h4,6-7,9-10,13-14,19H,5,8,11-12H2,1-3H3. The van der Waals surface area contributed by atoms with E-state index in [0.717, 1.165) is 30.6 Å². The molecule has 4 nitrogen and oxygen atoms in total. The summed E-state index contributed by atoms with van der Waals surface area (Å²) in [5.41, 5.74) is 4.37. The molecule has 0 radical (unpaired) electrons. The number of nitrogens with zero attached hydrogens (tertiary/aromatic N) is 3. The van der Waals surface area contributed by atoms with E-state index in [1.807, 2.05) is 44.2 Å². The maximum atomic E-state index is 12.8. The third-order valence-corrected chi connectivity index (χ3v) is 4.67. The van der Waals surface area contributed by atoms with Crippen molar-refractivity contribution in [2.45, 2.75) is 32.2 Å². The number of aryl methyl sites for hydroxylation is 1. The smallest absolute Gasteiger partial charge is 0.227 e. The van der Waals surface area contributed by atoms with Gasteiger partial charge >= 0.3 is 0 Å². The fraction of sp³-hybridized carbons (Fsp3) is 0.400. The molecule has 1 atom stereocenters. The van der Waals surface area contributed by atoms with Gasteiger partial charge in [-0.2, -0.15) is 0 Å². The average molecular weight is 323 g/mol. The molecule has 1 amide bonds. The third-order valence-electron chi connectivity index (χ3n) is 4.67. The van der Waals surface area contributed by atoms with Crippen molar-refractivity contribution in [3.05, 3.63) is 59.4 Å². The molecular formula is C20H25N3O. The molecule has 126 valence electrons. The number of hydrogen-bond donors (Lipinski definition) is 0. The zero-order chi connectivity index (χ0) is 17.1. The molecular weight excluding hydrogens is 298 g/mol. The van der Waals surface area contributed by atoms with Crippen molar-refractivity contribution >= 4 is 11.6 Å². The minimum absolute atomic E-state index is 0.191. The van der Waals surface area contributed by atoms with Crippen LogP contribution in [0.4, 0.5) is 5.69 Å². The van der Waals surface area contributed by atoms with Gasteiger partial charge in [-0.25, -0.2) is 0 Å². The Labute approximate surface area is 144 Å². The Kier molecular flexibility index (Phi) is 4.84. The number of benzene rings is 1. The topological polar surface area (TPSA) is 36.4 Å². The monoisotopic (exact) mass is 323 g/mol. The van der Waals surface area contributed by atoms with Crippen LogP contribution in [0.2, 0.25) is 0 Å². The molecule has 24 heavy (non-hydrogen) atoms. The number of hydrogen-bond acceptors (Lipinski definition) is 3. The summed E-state index contributed by atoms with van der Waals surface area (Å²) in [6, 6.07) is 12.7. The zero-order valence-electron chi connectivity index (χ0n) is 14.7. The molecule has 0 saturated carbocycles. The lowest BCUT2D eigenvalue weighted by atomic mass is 10.0. The summed E-state index contributed by atoms with van der Waals surface area (Å²) in [6.07, 6.45) is 4.34. The molecule has 0 N–H and O–H groups in total. The summed E-state index contributed by atoms with van der Waals surface area (Å²) in [5, 5.41) is 0. The molecule has 0 spiro atoms. The highest BCUT2D eigenvalue weighted by molar-refractivity contribution is 5.79. The van der Waals surface area contributed by atoms with Crippen molar-refractivity contribution in [1.29, 1.82) is 0 Å². The first kappa shape index (κ1) is 16.5. The Bertz CT molecular complexity index is 709. The van der Waals surface area contributed by atoms with Gasteiger partial charge in [-0.05, 0) is 49.1 Å². The quantitative estimate of drug-likeness (QED) is 0.865. The minimum atomic E-state index is 0.191. The number of pyridine rings is 1. The van der Waals surface area contributed by atoms with Crippen LogP contribution in [0.15, 0.2) is 42.6 Å². The number of carbonyl (C=O) groups is 1. The summed E-state index contributed by atoms with van der Waals surface area (Å²) in [7, 11) is 4.09. The van der Waals surface area contributed by atoms with Crippen molar-refractivity contribution in [3.63, 3.8) is 0 Å². The van der Waals surface area contributed by atoms with E-state index in [1.54, 1.807) is 0 Å². The van der Waals surface area contributed by atoms with Gasteiger partial charge in [-0.3, -0.25) is 9.78 Å². The molecule has 2 heterocycles. The van der Waals surface area contributed by atoms with Crippen LogP contribution in [-0.2, 0) is 11.2 Å². The normalized spacial score (nSPS) is 17.1. The average Bonchev–Trinajstić information content (AvgIpc) is 3.07. The van der Waals surface area contributed by atoms with Crippen LogP contribution in [0.3, 0.4) is 0 Å². The molecule has 0 aliphatic carbocycles. The highest BCUT2D eigenvalue weighted by atomic mass is 16.2. The Balaban J connectivity index is 1.76. The molecule has 0 bridgehead atoms.